The second-order valence-electron chi connectivity index (χ2n) is 5.62. The molecular weight excluding hydrogens is 212 g/mol. The summed E-state index contributed by atoms with van der Waals surface area (Å²) in [4.78, 5) is 4.30. The SMILES string of the molecule is CNCc1cnc(C)cc1OCCC(C)(C)C. The van der Waals surface area contributed by atoms with Gasteiger partial charge in [-0.15, -0.1) is 0 Å². The second-order valence-corrected chi connectivity index (χ2v) is 5.62. The Hall–Kier alpha value is -1.09. The van der Waals surface area contributed by atoms with Gasteiger partial charge in [0.05, 0.1) is 6.61 Å². The van der Waals surface area contributed by atoms with Crippen molar-refractivity contribution in [3.8, 4) is 5.75 Å². The molecule has 0 aromatic carbocycles. The van der Waals surface area contributed by atoms with Crippen LogP contribution in [0.2, 0.25) is 0 Å². The monoisotopic (exact) mass is 236 g/mol. The van der Waals surface area contributed by atoms with Gasteiger partial charge in [-0.1, -0.05) is 20.8 Å². The summed E-state index contributed by atoms with van der Waals surface area (Å²) < 4.78 is 5.87. The van der Waals surface area contributed by atoms with Crippen LogP contribution in [-0.2, 0) is 6.54 Å². The summed E-state index contributed by atoms with van der Waals surface area (Å²) in [6.07, 6.45) is 2.94. The maximum absolute atomic E-state index is 5.87. The number of nitrogens with one attached hydrogen (secondary N) is 1. The van der Waals surface area contributed by atoms with Crippen LogP contribution in [0.1, 0.15) is 38.4 Å². The molecule has 0 aliphatic rings. The van der Waals surface area contributed by atoms with Gasteiger partial charge >= 0.3 is 0 Å². The highest BCUT2D eigenvalue weighted by atomic mass is 16.5. The number of pyridine rings is 1. The number of hydrogen-bond donors (Lipinski definition) is 1. The van der Waals surface area contributed by atoms with Crippen LogP contribution in [0.25, 0.3) is 0 Å². The van der Waals surface area contributed by atoms with Crippen LogP contribution in [0, 0.1) is 12.3 Å². The van der Waals surface area contributed by atoms with Crippen LogP contribution >= 0.6 is 0 Å². The molecule has 1 aromatic heterocycles. The molecule has 0 radical (unpaired) electrons. The Morgan fingerprint density at radius 3 is 2.65 bits per heavy atom. The van der Waals surface area contributed by atoms with Gasteiger partial charge in [-0.25, -0.2) is 0 Å². The number of nitrogens with zero attached hydrogens (tertiary/aromatic N) is 1. The normalized spacial score (nSPS) is 11.6. The largest absolute Gasteiger partial charge is 0.493 e. The first-order chi connectivity index (χ1) is 7.92. The van der Waals surface area contributed by atoms with Gasteiger partial charge in [-0.3, -0.25) is 4.98 Å². The molecule has 0 spiro atoms. The van der Waals surface area contributed by atoms with E-state index in [1.165, 1.54) is 0 Å². The van der Waals surface area contributed by atoms with Crippen LogP contribution in [0.15, 0.2) is 12.3 Å². The van der Waals surface area contributed by atoms with Crippen molar-refractivity contribution in [2.45, 2.75) is 40.7 Å². The van der Waals surface area contributed by atoms with Gasteiger partial charge in [0.1, 0.15) is 5.75 Å². The van der Waals surface area contributed by atoms with E-state index in [2.05, 4.69) is 31.1 Å². The topological polar surface area (TPSA) is 34.2 Å². The Morgan fingerprint density at radius 2 is 2.06 bits per heavy atom. The van der Waals surface area contributed by atoms with E-state index in [4.69, 9.17) is 4.74 Å². The highest BCUT2D eigenvalue weighted by Crippen LogP contribution is 2.22. The molecule has 0 saturated carbocycles. The summed E-state index contributed by atoms with van der Waals surface area (Å²) >= 11 is 0. The Bertz CT molecular complexity index is 356. The van der Waals surface area contributed by atoms with Crippen molar-refractivity contribution in [1.29, 1.82) is 0 Å². The van der Waals surface area contributed by atoms with Crippen molar-refractivity contribution < 1.29 is 4.74 Å². The summed E-state index contributed by atoms with van der Waals surface area (Å²) in [7, 11) is 1.93. The van der Waals surface area contributed by atoms with E-state index < -0.39 is 0 Å². The van der Waals surface area contributed by atoms with E-state index in [1.807, 2.05) is 26.2 Å². The molecule has 1 N–H and O–H groups in total. The Labute approximate surface area is 105 Å². The quantitative estimate of drug-likeness (QED) is 0.853. The average molecular weight is 236 g/mol. The minimum absolute atomic E-state index is 0.311. The minimum Gasteiger partial charge on any atom is -0.493 e. The molecule has 0 fully saturated rings. The zero-order valence-corrected chi connectivity index (χ0v) is 11.6. The Balaban J connectivity index is 2.65. The number of aromatic nitrogens is 1. The number of rotatable bonds is 5. The van der Waals surface area contributed by atoms with Crippen LogP contribution in [-0.4, -0.2) is 18.6 Å². The van der Waals surface area contributed by atoms with Crippen molar-refractivity contribution in [2.75, 3.05) is 13.7 Å². The molecule has 3 nitrogen and oxygen atoms in total. The van der Waals surface area contributed by atoms with Crippen LogP contribution < -0.4 is 10.1 Å². The first kappa shape index (κ1) is 14.0. The lowest BCUT2D eigenvalue weighted by Crippen LogP contribution is -2.13. The summed E-state index contributed by atoms with van der Waals surface area (Å²) in [6.45, 7) is 10.2. The zero-order valence-electron chi connectivity index (χ0n) is 11.6. The maximum Gasteiger partial charge on any atom is 0.127 e. The third-order valence-corrected chi connectivity index (χ3v) is 2.56. The third kappa shape index (κ3) is 5.18. The highest BCUT2D eigenvalue weighted by molar-refractivity contribution is 5.32. The lowest BCUT2D eigenvalue weighted by molar-refractivity contribution is 0.241. The van der Waals surface area contributed by atoms with Gasteiger partial charge in [0.15, 0.2) is 0 Å². The molecule has 3 heteroatoms. The molecule has 1 heterocycles. The molecule has 1 rings (SSSR count). The molecule has 0 aliphatic carbocycles. The second kappa shape index (κ2) is 6.01. The van der Waals surface area contributed by atoms with Crippen LogP contribution in [0.5, 0.6) is 5.75 Å². The molecule has 0 saturated heterocycles. The molecule has 0 amide bonds. The summed E-state index contributed by atoms with van der Waals surface area (Å²) in [5.41, 5.74) is 2.42. The smallest absolute Gasteiger partial charge is 0.127 e. The lowest BCUT2D eigenvalue weighted by Gasteiger charge is -2.19. The number of ether oxygens (including phenoxy) is 1. The van der Waals surface area contributed by atoms with E-state index in [0.717, 1.165) is 36.6 Å². The van der Waals surface area contributed by atoms with Crippen molar-refractivity contribution in [3.63, 3.8) is 0 Å². The number of hydrogen-bond acceptors (Lipinski definition) is 3. The molecule has 96 valence electrons. The molecule has 0 bridgehead atoms. The Morgan fingerprint density at radius 1 is 1.35 bits per heavy atom. The van der Waals surface area contributed by atoms with Gasteiger partial charge < -0.3 is 10.1 Å². The summed E-state index contributed by atoms with van der Waals surface area (Å²) in [6, 6.07) is 2.01. The van der Waals surface area contributed by atoms with Crippen molar-refractivity contribution in [2.24, 2.45) is 5.41 Å². The van der Waals surface area contributed by atoms with Crippen LogP contribution in [0.3, 0.4) is 0 Å². The van der Waals surface area contributed by atoms with Crippen molar-refractivity contribution in [3.05, 3.63) is 23.5 Å². The van der Waals surface area contributed by atoms with E-state index in [1.54, 1.807) is 0 Å². The molecule has 17 heavy (non-hydrogen) atoms. The molecule has 0 unspecified atom stereocenters. The van der Waals surface area contributed by atoms with Crippen molar-refractivity contribution >= 4 is 0 Å². The molecule has 0 atom stereocenters. The predicted octanol–water partition coefficient (Wildman–Crippen LogP) is 2.92. The highest BCUT2D eigenvalue weighted by Gasteiger charge is 2.11. The van der Waals surface area contributed by atoms with Gasteiger partial charge in [0, 0.05) is 30.1 Å². The maximum atomic E-state index is 5.87. The molecule has 0 aliphatic heterocycles. The van der Waals surface area contributed by atoms with E-state index in [-0.39, 0.29) is 0 Å². The van der Waals surface area contributed by atoms with Gasteiger partial charge in [-0.05, 0) is 25.8 Å². The van der Waals surface area contributed by atoms with E-state index in [0.29, 0.717) is 5.41 Å². The first-order valence-corrected chi connectivity index (χ1v) is 6.15. The summed E-state index contributed by atoms with van der Waals surface area (Å²) in [5, 5.41) is 3.13. The molecular formula is C14H24N2O. The molecule has 1 aromatic rings. The fraction of sp³-hybridized carbons (Fsp3) is 0.643. The standard InChI is InChI=1S/C14H24N2O/c1-11-8-13(12(9-15-5)10-16-11)17-7-6-14(2,3)4/h8,10,15H,6-7,9H2,1-5H3. The third-order valence-electron chi connectivity index (χ3n) is 2.56. The zero-order chi connectivity index (χ0) is 12.9. The average Bonchev–Trinajstić information content (AvgIpc) is 2.20. The lowest BCUT2D eigenvalue weighted by atomic mass is 9.93. The minimum atomic E-state index is 0.311. The van der Waals surface area contributed by atoms with E-state index >= 15 is 0 Å². The number of aryl methyl sites for hydroxylation is 1. The fourth-order valence-electron chi connectivity index (χ4n) is 1.49. The van der Waals surface area contributed by atoms with E-state index in [9.17, 15) is 0 Å². The first-order valence-electron chi connectivity index (χ1n) is 6.15. The van der Waals surface area contributed by atoms with Gasteiger partial charge in [-0.2, -0.15) is 0 Å². The fourth-order valence-corrected chi connectivity index (χ4v) is 1.49. The predicted molar refractivity (Wildman–Crippen MR) is 71.3 cm³/mol. The van der Waals surface area contributed by atoms with Crippen LogP contribution in [0.4, 0.5) is 0 Å². The Kier molecular flexibility index (Phi) is 4.94. The van der Waals surface area contributed by atoms with Gasteiger partial charge in [0.2, 0.25) is 0 Å². The van der Waals surface area contributed by atoms with Crippen molar-refractivity contribution in [1.82, 2.24) is 10.3 Å². The van der Waals surface area contributed by atoms with Gasteiger partial charge in [0.25, 0.3) is 0 Å². The summed E-state index contributed by atoms with van der Waals surface area (Å²) in [5.74, 6) is 0.955.